The number of rotatable bonds is 5. The fourth-order valence-electron chi connectivity index (χ4n) is 1.86. The molecule has 16 heavy (non-hydrogen) atoms. The van der Waals surface area contributed by atoms with Crippen molar-refractivity contribution in [2.45, 2.75) is 46.0 Å². The number of benzene rings is 1. The molecule has 0 aliphatic heterocycles. The van der Waals surface area contributed by atoms with Crippen molar-refractivity contribution in [2.24, 2.45) is 5.92 Å². The van der Waals surface area contributed by atoms with E-state index in [2.05, 4.69) is 26.0 Å². The van der Waals surface area contributed by atoms with Gasteiger partial charge in [-0.05, 0) is 17.4 Å². The van der Waals surface area contributed by atoms with E-state index in [1.54, 1.807) is 0 Å². The standard InChI is InChI=1S/C15H22O/c1-5-15(4,11-14(16)12(2)3)13-9-7-6-8-10-13/h6-10,12H,5,11H2,1-4H3. The topological polar surface area (TPSA) is 17.1 Å². The summed E-state index contributed by atoms with van der Waals surface area (Å²) in [6, 6.07) is 10.4. The number of carbonyl (C=O) groups is 1. The van der Waals surface area contributed by atoms with Gasteiger partial charge < -0.3 is 0 Å². The van der Waals surface area contributed by atoms with Gasteiger partial charge in [-0.15, -0.1) is 0 Å². The lowest BCUT2D eigenvalue weighted by Gasteiger charge is -2.29. The third-order valence-electron chi connectivity index (χ3n) is 3.46. The Morgan fingerprint density at radius 1 is 1.25 bits per heavy atom. The minimum atomic E-state index is -0.0113. The van der Waals surface area contributed by atoms with Gasteiger partial charge in [-0.2, -0.15) is 0 Å². The van der Waals surface area contributed by atoms with E-state index in [1.807, 2.05) is 32.0 Å². The molecule has 1 aromatic carbocycles. The van der Waals surface area contributed by atoms with Gasteiger partial charge in [-0.3, -0.25) is 4.79 Å². The Morgan fingerprint density at radius 3 is 2.25 bits per heavy atom. The molecule has 0 saturated heterocycles. The lowest BCUT2D eigenvalue weighted by molar-refractivity contribution is -0.123. The van der Waals surface area contributed by atoms with Gasteiger partial charge in [-0.1, -0.05) is 58.0 Å². The van der Waals surface area contributed by atoms with Crippen molar-refractivity contribution in [3.05, 3.63) is 35.9 Å². The average Bonchev–Trinajstić information content (AvgIpc) is 2.29. The molecule has 0 fully saturated rings. The van der Waals surface area contributed by atoms with Gasteiger partial charge in [0.15, 0.2) is 0 Å². The Kier molecular flexibility index (Phi) is 4.28. The van der Waals surface area contributed by atoms with Gasteiger partial charge in [0, 0.05) is 12.3 Å². The van der Waals surface area contributed by atoms with E-state index in [-0.39, 0.29) is 11.3 Å². The van der Waals surface area contributed by atoms with Gasteiger partial charge in [0.05, 0.1) is 0 Å². The predicted molar refractivity (Wildman–Crippen MR) is 68.5 cm³/mol. The molecule has 1 heteroatoms. The van der Waals surface area contributed by atoms with Crippen LogP contribution in [-0.2, 0) is 10.2 Å². The molecular weight excluding hydrogens is 196 g/mol. The molecule has 0 aromatic heterocycles. The van der Waals surface area contributed by atoms with Crippen LogP contribution in [0.15, 0.2) is 30.3 Å². The molecule has 1 aromatic rings. The summed E-state index contributed by atoms with van der Waals surface area (Å²) < 4.78 is 0. The summed E-state index contributed by atoms with van der Waals surface area (Å²) in [5.41, 5.74) is 1.26. The predicted octanol–water partition coefficient (Wildman–Crippen LogP) is 3.97. The lowest BCUT2D eigenvalue weighted by atomic mass is 9.75. The van der Waals surface area contributed by atoms with Gasteiger partial charge in [0.25, 0.3) is 0 Å². The zero-order chi connectivity index (χ0) is 12.2. The molecule has 1 atom stereocenters. The van der Waals surface area contributed by atoms with Crippen LogP contribution in [0.4, 0.5) is 0 Å². The van der Waals surface area contributed by atoms with Crippen molar-refractivity contribution >= 4 is 5.78 Å². The van der Waals surface area contributed by atoms with Crippen LogP contribution in [-0.4, -0.2) is 5.78 Å². The summed E-state index contributed by atoms with van der Waals surface area (Å²) in [7, 11) is 0. The van der Waals surface area contributed by atoms with Crippen molar-refractivity contribution in [3.8, 4) is 0 Å². The maximum absolute atomic E-state index is 11.9. The summed E-state index contributed by atoms with van der Waals surface area (Å²) in [4.78, 5) is 11.9. The van der Waals surface area contributed by atoms with Crippen LogP contribution in [0.25, 0.3) is 0 Å². The van der Waals surface area contributed by atoms with E-state index in [4.69, 9.17) is 0 Å². The van der Waals surface area contributed by atoms with Crippen LogP contribution in [0.3, 0.4) is 0 Å². The van der Waals surface area contributed by atoms with Gasteiger partial charge in [-0.25, -0.2) is 0 Å². The van der Waals surface area contributed by atoms with Crippen molar-refractivity contribution in [3.63, 3.8) is 0 Å². The first-order valence-corrected chi connectivity index (χ1v) is 6.08. The maximum atomic E-state index is 11.9. The summed E-state index contributed by atoms with van der Waals surface area (Å²) in [5.74, 6) is 0.489. The molecule has 88 valence electrons. The third kappa shape index (κ3) is 2.94. The van der Waals surface area contributed by atoms with Crippen LogP contribution in [0.2, 0.25) is 0 Å². The quantitative estimate of drug-likeness (QED) is 0.731. The molecule has 1 rings (SSSR count). The Bertz CT molecular complexity index is 340. The fraction of sp³-hybridized carbons (Fsp3) is 0.533. The zero-order valence-electron chi connectivity index (χ0n) is 10.8. The SMILES string of the molecule is CCC(C)(CC(=O)C(C)C)c1ccccc1. The Labute approximate surface area is 98.9 Å². The molecule has 0 N–H and O–H groups in total. The summed E-state index contributed by atoms with van der Waals surface area (Å²) in [5, 5.41) is 0. The first-order valence-electron chi connectivity index (χ1n) is 6.08. The molecule has 0 amide bonds. The molecule has 0 aliphatic rings. The Balaban J connectivity index is 2.90. The van der Waals surface area contributed by atoms with E-state index < -0.39 is 0 Å². The molecule has 0 bridgehead atoms. The normalized spacial score (nSPS) is 14.8. The van der Waals surface area contributed by atoms with E-state index in [0.717, 1.165) is 6.42 Å². The first kappa shape index (κ1) is 13.0. The molecule has 0 radical (unpaired) electrons. The molecule has 0 saturated carbocycles. The highest BCUT2D eigenvalue weighted by Crippen LogP contribution is 2.32. The monoisotopic (exact) mass is 218 g/mol. The summed E-state index contributed by atoms with van der Waals surface area (Å²) in [6.45, 7) is 8.29. The van der Waals surface area contributed by atoms with Gasteiger partial charge in [0.1, 0.15) is 5.78 Å². The van der Waals surface area contributed by atoms with Gasteiger partial charge >= 0.3 is 0 Å². The zero-order valence-corrected chi connectivity index (χ0v) is 10.8. The largest absolute Gasteiger partial charge is 0.299 e. The van der Waals surface area contributed by atoms with Crippen LogP contribution in [0.1, 0.15) is 46.1 Å². The number of hydrogen-bond donors (Lipinski definition) is 0. The van der Waals surface area contributed by atoms with Crippen molar-refractivity contribution in [1.29, 1.82) is 0 Å². The highest BCUT2D eigenvalue weighted by atomic mass is 16.1. The Morgan fingerprint density at radius 2 is 1.81 bits per heavy atom. The van der Waals surface area contributed by atoms with Crippen LogP contribution < -0.4 is 0 Å². The van der Waals surface area contributed by atoms with E-state index in [0.29, 0.717) is 12.2 Å². The third-order valence-corrected chi connectivity index (χ3v) is 3.46. The van der Waals surface area contributed by atoms with Crippen LogP contribution >= 0.6 is 0 Å². The average molecular weight is 218 g/mol. The number of ketones is 1. The second-order valence-electron chi connectivity index (χ2n) is 5.08. The molecule has 0 heterocycles. The number of hydrogen-bond acceptors (Lipinski definition) is 1. The second-order valence-corrected chi connectivity index (χ2v) is 5.08. The lowest BCUT2D eigenvalue weighted by Crippen LogP contribution is -2.26. The van der Waals surface area contributed by atoms with Crippen molar-refractivity contribution in [1.82, 2.24) is 0 Å². The van der Waals surface area contributed by atoms with E-state index >= 15 is 0 Å². The first-order chi connectivity index (χ1) is 7.49. The second kappa shape index (κ2) is 5.29. The number of Topliss-reactive ketones (excluding diaryl/α,β-unsaturated/α-hetero) is 1. The summed E-state index contributed by atoms with van der Waals surface area (Å²) in [6.07, 6.45) is 1.64. The summed E-state index contributed by atoms with van der Waals surface area (Å²) >= 11 is 0. The molecule has 1 nitrogen and oxygen atoms in total. The van der Waals surface area contributed by atoms with Gasteiger partial charge in [0.2, 0.25) is 0 Å². The van der Waals surface area contributed by atoms with E-state index in [1.165, 1.54) is 5.56 Å². The molecule has 0 aliphatic carbocycles. The fourth-order valence-corrected chi connectivity index (χ4v) is 1.86. The highest BCUT2D eigenvalue weighted by Gasteiger charge is 2.28. The maximum Gasteiger partial charge on any atom is 0.136 e. The van der Waals surface area contributed by atoms with Crippen molar-refractivity contribution in [2.75, 3.05) is 0 Å². The smallest absolute Gasteiger partial charge is 0.136 e. The van der Waals surface area contributed by atoms with Crippen LogP contribution in [0.5, 0.6) is 0 Å². The molecular formula is C15H22O. The minimum Gasteiger partial charge on any atom is -0.299 e. The molecule has 0 spiro atoms. The Hall–Kier alpha value is -1.11. The highest BCUT2D eigenvalue weighted by molar-refractivity contribution is 5.81. The van der Waals surface area contributed by atoms with Crippen molar-refractivity contribution < 1.29 is 4.79 Å². The number of carbonyl (C=O) groups excluding carboxylic acids is 1. The van der Waals surface area contributed by atoms with E-state index in [9.17, 15) is 4.79 Å². The molecule has 1 unspecified atom stereocenters. The van der Waals surface area contributed by atoms with Crippen LogP contribution in [0, 0.1) is 5.92 Å². The minimum absolute atomic E-state index is 0.0113.